The number of halogens is 1. The summed E-state index contributed by atoms with van der Waals surface area (Å²) in [6, 6.07) is 3.12. The lowest BCUT2D eigenvalue weighted by molar-refractivity contribution is 0.105. The number of nitrogens with two attached hydrogens (primary N) is 1. The number of primary sulfonamides is 1. The lowest BCUT2D eigenvalue weighted by Crippen LogP contribution is -2.23. The summed E-state index contributed by atoms with van der Waals surface area (Å²) in [5.41, 5.74) is 0.0184. The predicted octanol–water partition coefficient (Wildman–Crippen LogP) is -0.762. The van der Waals surface area contributed by atoms with Gasteiger partial charge in [-0.1, -0.05) is 0 Å². The van der Waals surface area contributed by atoms with Crippen LogP contribution >= 0.6 is 0 Å². The normalized spacial score (nSPS) is 13.4. The number of benzene rings is 1. The highest BCUT2D eigenvalue weighted by atomic mass is 32.2. The van der Waals surface area contributed by atoms with Crippen molar-refractivity contribution < 1.29 is 23.0 Å². The SMILES string of the molecule is NS(=O)(=O)c1ccc(NCC(O)CO)c(F)c1. The summed E-state index contributed by atoms with van der Waals surface area (Å²) in [6.45, 7) is -0.508. The molecule has 1 aromatic rings. The zero-order valence-corrected chi connectivity index (χ0v) is 9.61. The van der Waals surface area contributed by atoms with Crippen LogP contribution in [0.2, 0.25) is 0 Å². The molecule has 0 aliphatic carbocycles. The molecule has 0 saturated carbocycles. The molecule has 0 aliphatic rings. The molecule has 0 radical (unpaired) electrons. The van der Waals surface area contributed by atoms with Crippen molar-refractivity contribution in [1.82, 2.24) is 0 Å². The molecule has 0 aliphatic heterocycles. The van der Waals surface area contributed by atoms with E-state index in [1.165, 1.54) is 6.07 Å². The molecule has 0 heterocycles. The summed E-state index contributed by atoms with van der Waals surface area (Å²) in [4.78, 5) is -0.330. The second kappa shape index (κ2) is 5.41. The van der Waals surface area contributed by atoms with Gasteiger partial charge in [0, 0.05) is 6.54 Å². The third kappa shape index (κ3) is 3.93. The third-order valence-electron chi connectivity index (χ3n) is 2.01. The molecule has 1 aromatic carbocycles. The van der Waals surface area contributed by atoms with Crippen molar-refractivity contribution in [1.29, 1.82) is 0 Å². The van der Waals surface area contributed by atoms with Crippen LogP contribution in [-0.2, 0) is 10.0 Å². The minimum absolute atomic E-state index is 0.0184. The molecule has 96 valence electrons. The van der Waals surface area contributed by atoms with E-state index in [0.29, 0.717) is 0 Å². The van der Waals surface area contributed by atoms with Crippen molar-refractivity contribution in [2.45, 2.75) is 11.0 Å². The fourth-order valence-corrected chi connectivity index (χ4v) is 1.63. The van der Waals surface area contributed by atoms with E-state index in [4.69, 9.17) is 15.4 Å². The second-order valence-electron chi connectivity index (χ2n) is 3.40. The third-order valence-corrected chi connectivity index (χ3v) is 2.92. The Hall–Kier alpha value is -1.22. The molecule has 1 atom stereocenters. The minimum atomic E-state index is -3.94. The Morgan fingerprint density at radius 3 is 2.59 bits per heavy atom. The Labute approximate surface area is 97.9 Å². The van der Waals surface area contributed by atoms with Crippen molar-refractivity contribution in [3.63, 3.8) is 0 Å². The van der Waals surface area contributed by atoms with E-state index in [0.717, 1.165) is 12.1 Å². The minimum Gasteiger partial charge on any atom is -0.394 e. The van der Waals surface area contributed by atoms with E-state index in [9.17, 15) is 12.8 Å². The van der Waals surface area contributed by atoms with Crippen LogP contribution in [0.4, 0.5) is 10.1 Å². The Bertz CT molecular complexity index is 492. The van der Waals surface area contributed by atoms with E-state index < -0.39 is 28.6 Å². The maximum Gasteiger partial charge on any atom is 0.238 e. The first kappa shape index (κ1) is 13.8. The molecule has 0 fully saturated rings. The first-order chi connectivity index (χ1) is 7.84. The van der Waals surface area contributed by atoms with Crippen LogP contribution in [-0.4, -0.2) is 37.9 Å². The topological polar surface area (TPSA) is 113 Å². The summed E-state index contributed by atoms with van der Waals surface area (Å²) in [5, 5.41) is 24.9. The largest absolute Gasteiger partial charge is 0.394 e. The van der Waals surface area contributed by atoms with Gasteiger partial charge in [0.05, 0.1) is 23.3 Å². The van der Waals surface area contributed by atoms with Crippen LogP contribution in [0.25, 0.3) is 0 Å². The number of rotatable bonds is 5. The van der Waals surface area contributed by atoms with E-state index in [1.54, 1.807) is 0 Å². The van der Waals surface area contributed by atoms with E-state index >= 15 is 0 Å². The molecule has 1 rings (SSSR count). The molecule has 0 amide bonds. The molecule has 0 aromatic heterocycles. The first-order valence-electron chi connectivity index (χ1n) is 4.69. The van der Waals surface area contributed by atoms with Gasteiger partial charge in [0.1, 0.15) is 5.82 Å². The molecule has 0 spiro atoms. The lowest BCUT2D eigenvalue weighted by atomic mass is 10.3. The molecular formula is C9H13FN2O4S. The Morgan fingerprint density at radius 2 is 2.12 bits per heavy atom. The maximum atomic E-state index is 13.4. The van der Waals surface area contributed by atoms with Gasteiger partial charge in [-0.05, 0) is 18.2 Å². The summed E-state index contributed by atoms with van der Waals surface area (Å²) >= 11 is 0. The summed E-state index contributed by atoms with van der Waals surface area (Å²) in [6.07, 6.45) is -1.02. The smallest absolute Gasteiger partial charge is 0.238 e. The highest BCUT2D eigenvalue weighted by Gasteiger charge is 2.12. The Balaban J connectivity index is 2.84. The van der Waals surface area contributed by atoms with Gasteiger partial charge in [-0.2, -0.15) is 0 Å². The summed E-state index contributed by atoms with van der Waals surface area (Å²) < 4.78 is 35.3. The van der Waals surface area contributed by atoms with E-state index in [2.05, 4.69) is 5.32 Å². The first-order valence-corrected chi connectivity index (χ1v) is 6.24. The average molecular weight is 264 g/mol. The molecule has 5 N–H and O–H groups in total. The summed E-state index contributed by atoms with van der Waals surface area (Å²) in [5.74, 6) is -0.804. The average Bonchev–Trinajstić information content (AvgIpc) is 2.25. The number of sulfonamides is 1. The van der Waals surface area contributed by atoms with Crippen LogP contribution in [0.3, 0.4) is 0 Å². The number of hydrogen-bond donors (Lipinski definition) is 4. The predicted molar refractivity (Wildman–Crippen MR) is 59.4 cm³/mol. The second-order valence-corrected chi connectivity index (χ2v) is 4.97. The van der Waals surface area contributed by atoms with Crippen molar-refractivity contribution >= 4 is 15.7 Å². The molecular weight excluding hydrogens is 251 g/mol. The van der Waals surface area contributed by atoms with Crippen molar-refractivity contribution in [2.75, 3.05) is 18.5 Å². The van der Waals surface area contributed by atoms with Crippen LogP contribution in [0.1, 0.15) is 0 Å². The van der Waals surface area contributed by atoms with Crippen LogP contribution in [0.5, 0.6) is 0 Å². The highest BCUT2D eigenvalue weighted by molar-refractivity contribution is 7.89. The zero-order valence-electron chi connectivity index (χ0n) is 8.80. The van der Waals surface area contributed by atoms with Crippen LogP contribution < -0.4 is 10.5 Å². The molecule has 0 saturated heterocycles. The van der Waals surface area contributed by atoms with Gasteiger partial charge in [-0.15, -0.1) is 0 Å². The molecule has 8 heteroatoms. The monoisotopic (exact) mass is 264 g/mol. The molecule has 1 unspecified atom stereocenters. The van der Waals surface area contributed by atoms with Gasteiger partial charge < -0.3 is 15.5 Å². The molecule has 0 bridgehead atoms. The van der Waals surface area contributed by atoms with Gasteiger partial charge >= 0.3 is 0 Å². The van der Waals surface area contributed by atoms with Crippen LogP contribution in [0, 0.1) is 5.82 Å². The molecule has 6 nitrogen and oxygen atoms in total. The van der Waals surface area contributed by atoms with Gasteiger partial charge in [0.15, 0.2) is 0 Å². The van der Waals surface area contributed by atoms with Gasteiger partial charge in [0.25, 0.3) is 0 Å². The maximum absolute atomic E-state index is 13.4. The Morgan fingerprint density at radius 1 is 1.47 bits per heavy atom. The Kier molecular flexibility index (Phi) is 4.40. The summed E-state index contributed by atoms with van der Waals surface area (Å²) in [7, 11) is -3.94. The van der Waals surface area contributed by atoms with E-state index in [-0.39, 0.29) is 17.1 Å². The molecule has 17 heavy (non-hydrogen) atoms. The van der Waals surface area contributed by atoms with Crippen molar-refractivity contribution in [3.05, 3.63) is 24.0 Å². The zero-order chi connectivity index (χ0) is 13.1. The van der Waals surface area contributed by atoms with Crippen molar-refractivity contribution in [3.8, 4) is 0 Å². The number of nitrogens with one attached hydrogen (secondary N) is 1. The number of hydrogen-bond acceptors (Lipinski definition) is 5. The van der Waals surface area contributed by atoms with Gasteiger partial charge in [-0.3, -0.25) is 0 Å². The van der Waals surface area contributed by atoms with Gasteiger partial charge in [-0.25, -0.2) is 17.9 Å². The standard InChI is InChI=1S/C9H13FN2O4S/c10-8-3-7(17(11,15)16)1-2-9(8)12-4-6(14)5-13/h1-3,6,12-14H,4-5H2,(H2,11,15,16). The lowest BCUT2D eigenvalue weighted by Gasteiger charge is -2.11. The van der Waals surface area contributed by atoms with Crippen molar-refractivity contribution in [2.24, 2.45) is 5.14 Å². The quantitative estimate of drug-likeness (QED) is 0.558. The highest BCUT2D eigenvalue weighted by Crippen LogP contribution is 2.17. The van der Waals surface area contributed by atoms with Crippen LogP contribution in [0.15, 0.2) is 23.1 Å². The number of aliphatic hydroxyl groups is 2. The fraction of sp³-hybridized carbons (Fsp3) is 0.333. The van der Waals surface area contributed by atoms with Gasteiger partial charge in [0.2, 0.25) is 10.0 Å². The number of anilines is 1. The number of aliphatic hydroxyl groups excluding tert-OH is 2. The van der Waals surface area contributed by atoms with E-state index in [1.807, 2.05) is 0 Å². The fourth-order valence-electron chi connectivity index (χ4n) is 1.11.